The molecule has 2 fully saturated rings. The van der Waals surface area contributed by atoms with Crippen molar-refractivity contribution in [3.05, 3.63) is 47.0 Å². The monoisotopic (exact) mass is 605 g/mol. The number of fused-ring (bicyclic) bond motifs is 1. The summed E-state index contributed by atoms with van der Waals surface area (Å²) >= 11 is 1.22. The van der Waals surface area contributed by atoms with Crippen LogP contribution in [0, 0.1) is 29.0 Å². The largest absolute Gasteiger partial charge is 0.364 e. The summed E-state index contributed by atoms with van der Waals surface area (Å²) in [7, 11) is 3.91. The van der Waals surface area contributed by atoms with E-state index in [-0.39, 0.29) is 23.3 Å². The standard InChI is InChI=1S/C30H33F2N9OS/c1-4-41-28(38(3)30-34-25(24(18-33)43-30)19-5-7-21(31)8-6-19)22-17-23(26(32)35-27(22)36-41)39-13-15-40(16-14-39)29(42)20-9-11-37(2)12-10-20/h5-8,17,20H,4,9-16H2,1-3H3. The summed E-state index contributed by atoms with van der Waals surface area (Å²) < 4.78 is 30.7. The first-order valence-corrected chi connectivity index (χ1v) is 15.3. The van der Waals surface area contributed by atoms with Crippen molar-refractivity contribution in [3.8, 4) is 17.3 Å². The molecule has 0 spiro atoms. The molecule has 0 atom stereocenters. The normalized spacial score (nSPS) is 16.6. The van der Waals surface area contributed by atoms with E-state index in [9.17, 15) is 14.4 Å². The number of aryl methyl sites for hydroxylation is 1. The maximum atomic E-state index is 15.4. The molecule has 0 radical (unpaired) electrons. The topological polar surface area (TPSA) is 97.4 Å². The Morgan fingerprint density at radius 1 is 1.09 bits per heavy atom. The van der Waals surface area contributed by atoms with Crippen LogP contribution in [-0.2, 0) is 11.3 Å². The van der Waals surface area contributed by atoms with E-state index in [1.54, 1.807) is 22.9 Å². The van der Waals surface area contributed by atoms with E-state index in [4.69, 9.17) is 4.98 Å². The highest BCUT2D eigenvalue weighted by molar-refractivity contribution is 7.16. The lowest BCUT2D eigenvalue weighted by atomic mass is 9.95. The number of nitrogens with zero attached hydrogens (tertiary/aromatic N) is 9. The summed E-state index contributed by atoms with van der Waals surface area (Å²) in [5, 5.41) is 15.6. The van der Waals surface area contributed by atoms with Crippen LogP contribution >= 0.6 is 11.3 Å². The van der Waals surface area contributed by atoms with Crippen LogP contribution in [-0.4, -0.2) is 88.8 Å². The zero-order valence-corrected chi connectivity index (χ0v) is 25.2. The number of thiazole rings is 1. The maximum absolute atomic E-state index is 15.4. The van der Waals surface area contributed by atoms with Gasteiger partial charge in [0.25, 0.3) is 0 Å². The SMILES string of the molecule is CCn1nc2nc(F)c(N3CCN(C(=O)C4CCN(C)CC4)CC3)cc2c1N(C)c1nc(-c2ccc(F)cc2)c(C#N)s1. The van der Waals surface area contributed by atoms with E-state index < -0.39 is 5.95 Å². The molecule has 3 aromatic heterocycles. The number of carbonyl (C=O) groups is 1. The zero-order chi connectivity index (χ0) is 30.2. The second kappa shape index (κ2) is 11.9. The van der Waals surface area contributed by atoms with Crippen LogP contribution in [0.3, 0.4) is 0 Å². The smallest absolute Gasteiger partial charge is 0.238 e. The first-order chi connectivity index (χ1) is 20.8. The molecule has 2 saturated heterocycles. The molecule has 1 aromatic carbocycles. The van der Waals surface area contributed by atoms with Crippen molar-refractivity contribution >= 4 is 44.9 Å². The second-order valence-corrected chi connectivity index (χ2v) is 12.0. The number of anilines is 3. The predicted molar refractivity (Wildman–Crippen MR) is 162 cm³/mol. The lowest BCUT2D eigenvalue weighted by Crippen LogP contribution is -2.51. The van der Waals surface area contributed by atoms with E-state index in [1.807, 2.05) is 28.7 Å². The molecular weight excluding hydrogens is 572 g/mol. The van der Waals surface area contributed by atoms with Crippen molar-refractivity contribution in [2.75, 3.05) is 63.2 Å². The van der Waals surface area contributed by atoms with E-state index in [0.29, 0.717) is 70.9 Å². The van der Waals surface area contributed by atoms with Gasteiger partial charge in [-0.05, 0) is 70.2 Å². The third-order valence-electron chi connectivity index (χ3n) is 8.38. The molecule has 0 aliphatic carbocycles. The van der Waals surface area contributed by atoms with Gasteiger partial charge in [0.2, 0.25) is 11.9 Å². The van der Waals surface area contributed by atoms with Gasteiger partial charge in [0.05, 0.1) is 11.1 Å². The number of carbonyl (C=O) groups excluding carboxylic acids is 1. The Hall–Kier alpha value is -4.15. The number of pyridine rings is 1. The second-order valence-electron chi connectivity index (χ2n) is 11.1. The van der Waals surface area contributed by atoms with Crippen LogP contribution in [0.5, 0.6) is 0 Å². The van der Waals surface area contributed by atoms with Crippen LogP contribution in [0.15, 0.2) is 30.3 Å². The summed E-state index contributed by atoms with van der Waals surface area (Å²) in [5.41, 5.74) is 1.76. The Kier molecular flexibility index (Phi) is 7.98. The van der Waals surface area contributed by atoms with Crippen molar-refractivity contribution in [3.63, 3.8) is 0 Å². The first-order valence-electron chi connectivity index (χ1n) is 14.5. The molecule has 1 amide bonds. The Labute approximate surface area is 252 Å². The highest BCUT2D eigenvalue weighted by Crippen LogP contribution is 2.39. The van der Waals surface area contributed by atoms with Crippen LogP contribution in [0.2, 0.25) is 0 Å². The number of aromatic nitrogens is 4. The van der Waals surface area contributed by atoms with Gasteiger partial charge in [0.15, 0.2) is 10.8 Å². The Balaban J connectivity index is 1.27. The zero-order valence-electron chi connectivity index (χ0n) is 24.4. The first kappa shape index (κ1) is 28.9. The predicted octanol–water partition coefficient (Wildman–Crippen LogP) is 4.48. The van der Waals surface area contributed by atoms with Crippen molar-refractivity contribution in [1.82, 2.24) is 29.5 Å². The van der Waals surface area contributed by atoms with Gasteiger partial charge in [-0.2, -0.15) is 19.7 Å². The molecule has 224 valence electrons. The highest BCUT2D eigenvalue weighted by atomic mass is 32.1. The van der Waals surface area contributed by atoms with Crippen LogP contribution < -0.4 is 9.80 Å². The summed E-state index contributed by atoms with van der Waals surface area (Å²) in [6.07, 6.45) is 1.76. The Morgan fingerprint density at radius 2 is 1.79 bits per heavy atom. The van der Waals surface area contributed by atoms with E-state index in [2.05, 4.69) is 28.1 Å². The number of likely N-dealkylation sites (tertiary alicyclic amines) is 1. The molecule has 10 nitrogen and oxygen atoms in total. The lowest BCUT2D eigenvalue weighted by Gasteiger charge is -2.38. The molecular formula is C30H33F2N9OS. The number of hydrogen-bond donors (Lipinski definition) is 0. The van der Waals surface area contributed by atoms with Gasteiger partial charge in [-0.3, -0.25) is 4.79 Å². The number of benzene rings is 1. The fourth-order valence-corrected chi connectivity index (χ4v) is 6.76. The molecule has 4 aromatic rings. The van der Waals surface area contributed by atoms with E-state index in [1.165, 1.54) is 23.5 Å². The van der Waals surface area contributed by atoms with Crippen molar-refractivity contribution in [2.45, 2.75) is 26.3 Å². The van der Waals surface area contributed by atoms with Crippen molar-refractivity contribution < 1.29 is 13.6 Å². The molecule has 13 heteroatoms. The van der Waals surface area contributed by atoms with Crippen LogP contribution in [0.25, 0.3) is 22.3 Å². The van der Waals surface area contributed by atoms with Crippen molar-refractivity contribution in [2.24, 2.45) is 5.92 Å². The lowest BCUT2D eigenvalue weighted by molar-refractivity contribution is -0.137. The fourth-order valence-electron chi connectivity index (χ4n) is 5.91. The molecule has 2 aliphatic rings. The number of halogens is 2. The van der Waals surface area contributed by atoms with Crippen LogP contribution in [0.1, 0.15) is 24.6 Å². The van der Waals surface area contributed by atoms with Crippen LogP contribution in [0.4, 0.5) is 25.4 Å². The average molecular weight is 606 g/mol. The number of piperidine rings is 1. The molecule has 0 saturated carbocycles. The summed E-state index contributed by atoms with van der Waals surface area (Å²) in [6, 6.07) is 9.85. The van der Waals surface area contributed by atoms with Gasteiger partial charge < -0.3 is 19.6 Å². The maximum Gasteiger partial charge on any atom is 0.238 e. The van der Waals surface area contributed by atoms with E-state index >= 15 is 4.39 Å². The minimum absolute atomic E-state index is 0.0615. The number of hydrogen-bond acceptors (Lipinski definition) is 9. The van der Waals surface area contributed by atoms with E-state index in [0.717, 1.165) is 25.9 Å². The van der Waals surface area contributed by atoms with Gasteiger partial charge in [0.1, 0.15) is 28.3 Å². The van der Waals surface area contributed by atoms with Crippen molar-refractivity contribution in [1.29, 1.82) is 5.26 Å². The Morgan fingerprint density at radius 3 is 2.44 bits per heavy atom. The number of amides is 1. The summed E-state index contributed by atoms with van der Waals surface area (Å²) in [5.74, 6) is -0.0288. The molecule has 0 bridgehead atoms. The van der Waals surface area contributed by atoms with Gasteiger partial charge in [-0.1, -0.05) is 11.3 Å². The van der Waals surface area contributed by atoms with Gasteiger partial charge in [-0.25, -0.2) is 14.1 Å². The quantitative estimate of drug-likeness (QED) is 0.297. The molecule has 2 aliphatic heterocycles. The summed E-state index contributed by atoms with van der Waals surface area (Å²) in [4.78, 5) is 30.4. The number of rotatable bonds is 6. The molecule has 6 rings (SSSR count). The van der Waals surface area contributed by atoms with Gasteiger partial charge >= 0.3 is 0 Å². The van der Waals surface area contributed by atoms with Gasteiger partial charge in [-0.15, -0.1) is 0 Å². The molecule has 0 unspecified atom stereocenters. The summed E-state index contributed by atoms with van der Waals surface area (Å²) in [6.45, 7) is 6.39. The van der Waals surface area contributed by atoms with Gasteiger partial charge in [0, 0.05) is 51.3 Å². The Bertz CT molecular complexity index is 1680. The molecule has 0 N–H and O–H groups in total. The third-order valence-corrected chi connectivity index (χ3v) is 9.41. The minimum atomic E-state index is -0.600. The number of nitriles is 1. The fraction of sp³-hybridized carbons (Fsp3) is 0.433. The molecule has 5 heterocycles. The minimum Gasteiger partial charge on any atom is -0.364 e. The molecule has 43 heavy (non-hydrogen) atoms. The number of piperazine rings is 1. The third kappa shape index (κ3) is 5.52. The average Bonchev–Trinajstić information content (AvgIpc) is 3.62. The highest BCUT2D eigenvalue weighted by Gasteiger charge is 2.31.